The van der Waals surface area contributed by atoms with Crippen LogP contribution < -0.4 is 0 Å². The Morgan fingerprint density at radius 3 is 1.21 bits per heavy atom. The molecule has 0 aromatic carbocycles. The van der Waals surface area contributed by atoms with Gasteiger partial charge in [-0.1, -0.05) is 34.4 Å². The fraction of sp³-hybridized carbons (Fsp3) is 0.615. The maximum Gasteiger partial charge on any atom is 0.533 e. The molecule has 38 heavy (non-hydrogen) atoms. The summed E-state index contributed by atoms with van der Waals surface area (Å²) >= 11 is 0. The van der Waals surface area contributed by atoms with E-state index in [2.05, 4.69) is 0 Å². The zero-order valence-electron chi connectivity index (χ0n) is 20.6. The van der Waals surface area contributed by atoms with Gasteiger partial charge >= 0.3 is 12.3 Å². The Bertz CT molecular complexity index is 999. The molecule has 6 rings (SSSR count). The van der Waals surface area contributed by atoms with E-state index in [-0.39, 0.29) is 36.9 Å². The zero-order chi connectivity index (χ0) is 26.6. The third kappa shape index (κ3) is 3.97. The summed E-state index contributed by atoms with van der Waals surface area (Å²) in [4.78, 5) is 83.7. The van der Waals surface area contributed by atoms with E-state index in [1.54, 1.807) is 0 Å². The number of hydrogen-bond acceptors (Lipinski definition) is 10. The van der Waals surface area contributed by atoms with Crippen LogP contribution in [0.15, 0.2) is 24.3 Å². The van der Waals surface area contributed by atoms with Crippen LogP contribution in [-0.2, 0) is 38.3 Å². The Morgan fingerprint density at radius 2 is 0.895 bits per heavy atom. The monoisotopic (exact) mass is 528 g/mol. The lowest BCUT2D eigenvalue weighted by Gasteiger charge is -2.15. The number of carbonyl (C=O) groups excluding carboxylic acids is 6. The summed E-state index contributed by atoms with van der Waals surface area (Å²) in [5, 5.41) is 1.11. The van der Waals surface area contributed by atoms with E-state index >= 15 is 0 Å². The Labute approximate surface area is 217 Å². The smallest absolute Gasteiger partial charge is 0.433 e. The van der Waals surface area contributed by atoms with Crippen LogP contribution in [0.4, 0.5) is 9.59 Å². The van der Waals surface area contributed by atoms with E-state index in [9.17, 15) is 28.8 Å². The van der Waals surface area contributed by atoms with Gasteiger partial charge in [-0.05, 0) is 62.2 Å². The number of unbranched alkanes of at least 4 members (excludes halogenated alkanes) is 3. The van der Waals surface area contributed by atoms with E-state index in [0.29, 0.717) is 35.8 Å². The third-order valence-electron chi connectivity index (χ3n) is 8.67. The summed E-state index contributed by atoms with van der Waals surface area (Å²) in [7, 11) is 0. The number of ether oxygens (including phenoxy) is 2. The summed E-state index contributed by atoms with van der Waals surface area (Å²) in [6, 6.07) is 0. The first-order chi connectivity index (χ1) is 18.3. The highest BCUT2D eigenvalue weighted by Crippen LogP contribution is 2.53. The SMILES string of the molecule is O=C(OCCCCCCOC(=O)ON1C(=O)C2C3C=CC(C3)C2C1=O)ON1C(=O)C2C3C=CC(C3)C2C1=O. The first kappa shape index (κ1) is 24.6. The van der Waals surface area contributed by atoms with Crippen molar-refractivity contribution in [2.45, 2.75) is 38.5 Å². The Hall–Kier alpha value is -3.70. The first-order valence-electron chi connectivity index (χ1n) is 13.2. The van der Waals surface area contributed by atoms with Gasteiger partial charge in [0, 0.05) is 0 Å². The van der Waals surface area contributed by atoms with Crippen LogP contribution in [0.3, 0.4) is 0 Å². The Kier molecular flexibility index (Phi) is 6.19. The van der Waals surface area contributed by atoms with Gasteiger partial charge in [0.25, 0.3) is 23.6 Å². The summed E-state index contributed by atoms with van der Waals surface area (Å²) < 4.78 is 9.96. The van der Waals surface area contributed by atoms with Crippen LogP contribution in [0, 0.1) is 47.3 Å². The highest BCUT2D eigenvalue weighted by molar-refractivity contribution is 6.06. The van der Waals surface area contributed by atoms with Crippen molar-refractivity contribution in [3.63, 3.8) is 0 Å². The van der Waals surface area contributed by atoms with Crippen molar-refractivity contribution in [2.75, 3.05) is 13.2 Å². The Balaban J connectivity index is 0.824. The molecule has 0 aromatic rings. The molecule has 202 valence electrons. The second-order valence-electron chi connectivity index (χ2n) is 10.7. The van der Waals surface area contributed by atoms with Crippen LogP contribution in [0.1, 0.15) is 38.5 Å². The molecule has 4 aliphatic carbocycles. The molecule has 6 aliphatic rings. The number of amides is 4. The van der Waals surface area contributed by atoms with Gasteiger partial charge in [0.05, 0.1) is 36.9 Å². The van der Waals surface area contributed by atoms with Crippen LogP contribution in [0.5, 0.6) is 0 Å². The number of hydroxylamine groups is 4. The fourth-order valence-electron chi connectivity index (χ4n) is 7.00. The van der Waals surface area contributed by atoms with E-state index in [1.165, 1.54) is 0 Å². The molecule has 4 bridgehead atoms. The van der Waals surface area contributed by atoms with Gasteiger partial charge in [0.2, 0.25) is 0 Å². The molecular weight excluding hydrogens is 500 g/mol. The molecule has 12 heteroatoms. The Morgan fingerprint density at radius 1 is 0.579 bits per heavy atom. The second kappa shape index (κ2) is 9.55. The molecule has 2 saturated heterocycles. The van der Waals surface area contributed by atoms with Crippen molar-refractivity contribution in [3.8, 4) is 0 Å². The van der Waals surface area contributed by atoms with Crippen LogP contribution >= 0.6 is 0 Å². The van der Waals surface area contributed by atoms with Gasteiger partial charge in [0.15, 0.2) is 0 Å². The fourth-order valence-corrected chi connectivity index (χ4v) is 7.00. The molecule has 0 aromatic heterocycles. The quantitative estimate of drug-likeness (QED) is 0.189. The standard InChI is InChI=1S/C26H28N2O10/c29-21-17-13-5-6-14(11-13)18(17)22(30)27(21)37-25(33)35-9-3-1-2-4-10-36-26(34)38-28-23(31)19-15-7-8-16(12-15)20(19)24(28)32/h5-8,13-20H,1-4,9-12H2. The molecule has 2 aliphatic heterocycles. The van der Waals surface area contributed by atoms with E-state index in [4.69, 9.17) is 19.1 Å². The van der Waals surface area contributed by atoms with Crippen molar-refractivity contribution < 1.29 is 47.9 Å². The summed E-state index contributed by atoms with van der Waals surface area (Å²) in [5.74, 6) is -3.67. The molecule has 0 N–H and O–H groups in total. The first-order valence-corrected chi connectivity index (χ1v) is 13.2. The lowest BCUT2D eigenvalue weighted by atomic mass is 9.85. The molecule has 0 spiro atoms. The van der Waals surface area contributed by atoms with Gasteiger partial charge in [-0.15, -0.1) is 0 Å². The van der Waals surface area contributed by atoms with E-state index < -0.39 is 59.6 Å². The van der Waals surface area contributed by atoms with Crippen LogP contribution in [-0.4, -0.2) is 59.3 Å². The molecule has 4 amide bonds. The topological polar surface area (TPSA) is 146 Å². The normalized spacial score (nSPS) is 35.4. The molecular formula is C26H28N2O10. The predicted molar refractivity (Wildman–Crippen MR) is 122 cm³/mol. The minimum absolute atomic E-state index is 0.0226. The summed E-state index contributed by atoms with van der Waals surface area (Å²) in [6.45, 7) is 0.0754. The van der Waals surface area contributed by atoms with Gasteiger partial charge in [-0.2, -0.15) is 0 Å². The summed E-state index contributed by atoms with van der Waals surface area (Å²) in [5.41, 5.74) is 0. The highest BCUT2D eigenvalue weighted by Gasteiger charge is 2.62. The highest BCUT2D eigenvalue weighted by atomic mass is 16.8. The number of nitrogens with zero attached hydrogens (tertiary/aromatic N) is 2. The number of carbonyl (C=O) groups is 6. The molecule has 2 saturated carbocycles. The lowest BCUT2D eigenvalue weighted by Crippen LogP contribution is -2.35. The van der Waals surface area contributed by atoms with Gasteiger partial charge < -0.3 is 9.47 Å². The third-order valence-corrected chi connectivity index (χ3v) is 8.67. The van der Waals surface area contributed by atoms with Gasteiger partial charge in [-0.3, -0.25) is 28.9 Å². The van der Waals surface area contributed by atoms with E-state index in [0.717, 1.165) is 12.8 Å². The van der Waals surface area contributed by atoms with Gasteiger partial charge in [-0.25, -0.2) is 9.59 Å². The average molecular weight is 529 g/mol. The number of imide groups is 2. The zero-order valence-corrected chi connectivity index (χ0v) is 20.6. The molecule has 8 unspecified atom stereocenters. The van der Waals surface area contributed by atoms with Crippen molar-refractivity contribution in [1.82, 2.24) is 10.1 Å². The number of hydrogen-bond donors (Lipinski definition) is 0. The molecule has 4 fully saturated rings. The largest absolute Gasteiger partial charge is 0.533 e. The lowest BCUT2D eigenvalue weighted by molar-refractivity contribution is -0.180. The van der Waals surface area contributed by atoms with Crippen LogP contribution in [0.2, 0.25) is 0 Å². The van der Waals surface area contributed by atoms with Crippen molar-refractivity contribution >= 4 is 35.9 Å². The maximum atomic E-state index is 12.5. The molecule has 0 radical (unpaired) electrons. The van der Waals surface area contributed by atoms with Crippen molar-refractivity contribution in [2.24, 2.45) is 47.3 Å². The predicted octanol–water partition coefficient (Wildman–Crippen LogP) is 2.30. The minimum atomic E-state index is -1.10. The minimum Gasteiger partial charge on any atom is -0.433 e. The van der Waals surface area contributed by atoms with Crippen molar-refractivity contribution in [3.05, 3.63) is 24.3 Å². The number of fused-ring (bicyclic) bond motifs is 10. The maximum absolute atomic E-state index is 12.5. The van der Waals surface area contributed by atoms with Crippen LogP contribution in [0.25, 0.3) is 0 Å². The number of rotatable bonds is 9. The second-order valence-corrected chi connectivity index (χ2v) is 10.7. The number of allylic oxidation sites excluding steroid dienone is 4. The average Bonchev–Trinajstić information content (AvgIpc) is 3.74. The summed E-state index contributed by atoms with van der Waals surface area (Å²) in [6.07, 6.45) is 9.47. The van der Waals surface area contributed by atoms with Crippen molar-refractivity contribution in [1.29, 1.82) is 0 Å². The molecule has 2 heterocycles. The molecule has 8 atom stereocenters. The molecule has 12 nitrogen and oxygen atoms in total. The van der Waals surface area contributed by atoms with E-state index in [1.807, 2.05) is 24.3 Å². The van der Waals surface area contributed by atoms with Gasteiger partial charge in [0.1, 0.15) is 0 Å².